The van der Waals surface area contributed by atoms with E-state index < -0.39 is 6.17 Å². The normalized spacial score (nSPS) is 12.5. The maximum Gasteiger partial charge on any atom is 0.164 e. The molecule has 0 aliphatic rings. The molecule has 1 aromatic rings. The van der Waals surface area contributed by atoms with Gasteiger partial charge >= 0.3 is 0 Å². The Morgan fingerprint density at radius 1 is 1.60 bits per heavy atom. The van der Waals surface area contributed by atoms with E-state index in [2.05, 4.69) is 0 Å². The Labute approximate surface area is 87.7 Å². The van der Waals surface area contributed by atoms with Crippen LogP contribution in [0.3, 0.4) is 0 Å². The van der Waals surface area contributed by atoms with Crippen LogP contribution in [-0.4, -0.2) is 17.4 Å². The molecule has 0 spiro atoms. The number of hydrogen-bond donors (Lipinski definition) is 2. The predicted molar refractivity (Wildman–Crippen MR) is 55.6 cm³/mol. The van der Waals surface area contributed by atoms with Crippen molar-refractivity contribution in [2.75, 3.05) is 6.54 Å². The molecular formula is C11H14FNO2. The summed E-state index contributed by atoms with van der Waals surface area (Å²) < 4.78 is 13.0. The van der Waals surface area contributed by atoms with Gasteiger partial charge in [0.05, 0.1) is 0 Å². The quantitative estimate of drug-likeness (QED) is 0.748. The van der Waals surface area contributed by atoms with Crippen molar-refractivity contribution in [2.45, 2.75) is 19.5 Å². The number of benzene rings is 1. The van der Waals surface area contributed by atoms with E-state index in [4.69, 9.17) is 5.73 Å². The van der Waals surface area contributed by atoms with E-state index in [-0.39, 0.29) is 30.1 Å². The summed E-state index contributed by atoms with van der Waals surface area (Å²) in [7, 11) is 0. The SMILES string of the molecule is CC(F)c1cc(C(=O)CCN)ccc1O. The molecule has 0 heterocycles. The molecule has 0 saturated carbocycles. The Balaban J connectivity index is 3.02. The molecule has 0 aliphatic heterocycles. The second kappa shape index (κ2) is 4.89. The standard InChI is InChI=1S/C11H14FNO2/c1-7(12)9-6-8(2-3-11(9)15)10(14)4-5-13/h2-3,6-7,15H,4-5,13H2,1H3. The maximum absolute atomic E-state index is 13.0. The van der Waals surface area contributed by atoms with Crippen molar-refractivity contribution in [3.63, 3.8) is 0 Å². The van der Waals surface area contributed by atoms with Crippen LogP contribution in [0, 0.1) is 0 Å². The minimum atomic E-state index is -1.30. The highest BCUT2D eigenvalue weighted by atomic mass is 19.1. The van der Waals surface area contributed by atoms with Crippen molar-refractivity contribution in [2.24, 2.45) is 5.73 Å². The summed E-state index contributed by atoms with van der Waals surface area (Å²) in [6, 6.07) is 4.17. The summed E-state index contributed by atoms with van der Waals surface area (Å²) >= 11 is 0. The van der Waals surface area contributed by atoms with Crippen molar-refractivity contribution in [1.82, 2.24) is 0 Å². The molecule has 3 N–H and O–H groups in total. The summed E-state index contributed by atoms with van der Waals surface area (Å²) in [4.78, 5) is 11.4. The summed E-state index contributed by atoms with van der Waals surface area (Å²) in [6.07, 6.45) is -1.07. The molecule has 1 aromatic carbocycles. The number of carbonyl (C=O) groups excluding carboxylic acids is 1. The maximum atomic E-state index is 13.0. The minimum absolute atomic E-state index is 0.130. The Kier molecular flexibility index (Phi) is 3.80. The molecule has 4 heteroatoms. The second-order valence-electron chi connectivity index (χ2n) is 3.35. The zero-order chi connectivity index (χ0) is 11.4. The molecule has 0 amide bonds. The molecule has 0 bridgehead atoms. The molecule has 1 atom stereocenters. The summed E-state index contributed by atoms with van der Waals surface area (Å²) in [5.74, 6) is -0.270. The third-order valence-electron chi connectivity index (χ3n) is 2.15. The molecule has 0 saturated heterocycles. The molecule has 3 nitrogen and oxygen atoms in total. The van der Waals surface area contributed by atoms with Gasteiger partial charge in [-0.15, -0.1) is 0 Å². The van der Waals surface area contributed by atoms with Gasteiger partial charge in [0, 0.05) is 17.5 Å². The average molecular weight is 211 g/mol. The monoisotopic (exact) mass is 211 g/mol. The number of carbonyl (C=O) groups is 1. The number of rotatable bonds is 4. The fourth-order valence-electron chi connectivity index (χ4n) is 1.32. The smallest absolute Gasteiger partial charge is 0.164 e. The van der Waals surface area contributed by atoms with Gasteiger partial charge in [0.1, 0.15) is 11.9 Å². The molecule has 0 aromatic heterocycles. The van der Waals surface area contributed by atoms with Crippen LogP contribution in [0.25, 0.3) is 0 Å². The van der Waals surface area contributed by atoms with Crippen LogP contribution in [0.1, 0.15) is 35.4 Å². The van der Waals surface area contributed by atoms with Crippen LogP contribution in [-0.2, 0) is 0 Å². The third-order valence-corrected chi connectivity index (χ3v) is 2.15. The molecule has 0 fully saturated rings. The first kappa shape index (κ1) is 11.7. The number of Topliss-reactive ketones (excluding diaryl/α,β-unsaturated/α-hetero) is 1. The molecule has 0 aliphatic carbocycles. The van der Waals surface area contributed by atoms with Crippen LogP contribution < -0.4 is 5.73 Å². The van der Waals surface area contributed by atoms with Gasteiger partial charge in [0.15, 0.2) is 5.78 Å². The Morgan fingerprint density at radius 2 is 2.27 bits per heavy atom. The van der Waals surface area contributed by atoms with Gasteiger partial charge in [-0.3, -0.25) is 4.79 Å². The fraction of sp³-hybridized carbons (Fsp3) is 0.364. The van der Waals surface area contributed by atoms with Crippen LogP contribution in [0.4, 0.5) is 4.39 Å². The van der Waals surface area contributed by atoms with Gasteiger partial charge < -0.3 is 10.8 Å². The lowest BCUT2D eigenvalue weighted by Crippen LogP contribution is -2.08. The van der Waals surface area contributed by atoms with Crippen molar-refractivity contribution in [1.29, 1.82) is 0 Å². The van der Waals surface area contributed by atoms with Crippen LogP contribution in [0.5, 0.6) is 5.75 Å². The number of aromatic hydroxyl groups is 1. The minimum Gasteiger partial charge on any atom is -0.508 e. The second-order valence-corrected chi connectivity index (χ2v) is 3.35. The molecule has 15 heavy (non-hydrogen) atoms. The first-order chi connectivity index (χ1) is 7.06. The number of nitrogens with two attached hydrogens (primary N) is 1. The van der Waals surface area contributed by atoms with E-state index in [9.17, 15) is 14.3 Å². The lowest BCUT2D eigenvalue weighted by molar-refractivity contribution is 0.0985. The topological polar surface area (TPSA) is 63.3 Å². The van der Waals surface area contributed by atoms with Crippen molar-refractivity contribution in [3.8, 4) is 5.75 Å². The van der Waals surface area contributed by atoms with Crippen molar-refractivity contribution < 1.29 is 14.3 Å². The van der Waals surface area contributed by atoms with Gasteiger partial charge in [-0.25, -0.2) is 4.39 Å². The van der Waals surface area contributed by atoms with Gasteiger partial charge in [-0.2, -0.15) is 0 Å². The third kappa shape index (κ3) is 2.76. The lowest BCUT2D eigenvalue weighted by atomic mass is 10.0. The number of phenols is 1. The van der Waals surface area contributed by atoms with Gasteiger partial charge in [0.2, 0.25) is 0 Å². The van der Waals surface area contributed by atoms with E-state index in [0.717, 1.165) is 0 Å². The van der Waals surface area contributed by atoms with Crippen LogP contribution >= 0.6 is 0 Å². The van der Waals surface area contributed by atoms with E-state index >= 15 is 0 Å². The van der Waals surface area contributed by atoms with E-state index in [1.54, 1.807) is 0 Å². The molecule has 0 radical (unpaired) electrons. The zero-order valence-electron chi connectivity index (χ0n) is 8.53. The highest BCUT2D eigenvalue weighted by Crippen LogP contribution is 2.27. The van der Waals surface area contributed by atoms with Crippen LogP contribution in [0.15, 0.2) is 18.2 Å². The summed E-state index contributed by atoms with van der Waals surface area (Å²) in [5, 5.41) is 9.34. The Hall–Kier alpha value is -1.42. The van der Waals surface area contributed by atoms with E-state index in [1.807, 2.05) is 0 Å². The number of alkyl halides is 1. The lowest BCUT2D eigenvalue weighted by Gasteiger charge is -2.07. The summed E-state index contributed by atoms with van der Waals surface area (Å²) in [5.41, 5.74) is 5.77. The average Bonchev–Trinajstić information content (AvgIpc) is 2.18. The highest BCUT2D eigenvalue weighted by molar-refractivity contribution is 5.96. The van der Waals surface area contributed by atoms with Crippen molar-refractivity contribution in [3.05, 3.63) is 29.3 Å². The first-order valence-corrected chi connectivity index (χ1v) is 4.76. The highest BCUT2D eigenvalue weighted by Gasteiger charge is 2.12. The fourth-order valence-corrected chi connectivity index (χ4v) is 1.32. The number of ketones is 1. The largest absolute Gasteiger partial charge is 0.508 e. The Bertz CT molecular complexity index is 364. The Morgan fingerprint density at radius 3 is 2.80 bits per heavy atom. The van der Waals surface area contributed by atoms with Gasteiger partial charge in [0.25, 0.3) is 0 Å². The molecule has 1 rings (SSSR count). The zero-order valence-corrected chi connectivity index (χ0v) is 8.53. The first-order valence-electron chi connectivity index (χ1n) is 4.76. The van der Waals surface area contributed by atoms with E-state index in [1.165, 1.54) is 25.1 Å². The number of phenolic OH excluding ortho intramolecular Hbond substituents is 1. The summed E-state index contributed by atoms with van der Waals surface area (Å²) in [6.45, 7) is 1.58. The van der Waals surface area contributed by atoms with Gasteiger partial charge in [-0.1, -0.05) is 0 Å². The van der Waals surface area contributed by atoms with Gasteiger partial charge in [-0.05, 0) is 31.7 Å². The molecule has 1 unspecified atom stereocenters. The molecule has 82 valence electrons. The predicted octanol–water partition coefficient (Wildman–Crippen LogP) is 1.95. The van der Waals surface area contributed by atoms with Crippen molar-refractivity contribution >= 4 is 5.78 Å². The number of hydrogen-bond acceptors (Lipinski definition) is 3. The number of halogens is 1. The van der Waals surface area contributed by atoms with E-state index in [0.29, 0.717) is 5.56 Å². The van der Waals surface area contributed by atoms with Crippen LogP contribution in [0.2, 0.25) is 0 Å². The molecular weight excluding hydrogens is 197 g/mol.